The second kappa shape index (κ2) is 7.82. The lowest BCUT2D eigenvalue weighted by Gasteiger charge is -2.21. The van der Waals surface area contributed by atoms with Gasteiger partial charge < -0.3 is 4.74 Å². The third-order valence-electron chi connectivity index (χ3n) is 4.74. The highest BCUT2D eigenvalue weighted by atomic mass is 32.2. The maximum Gasteiger partial charge on any atom is 0.246 e. The van der Waals surface area contributed by atoms with E-state index in [1.54, 1.807) is 26.1 Å². The lowest BCUT2D eigenvalue weighted by molar-refractivity contribution is 0.403. The minimum Gasteiger partial charge on any atom is -0.496 e. The second-order valence-corrected chi connectivity index (χ2v) is 10.5. The molecule has 1 aromatic heterocycles. The molecule has 0 bridgehead atoms. The van der Waals surface area contributed by atoms with Gasteiger partial charge >= 0.3 is 0 Å². The molecule has 0 spiro atoms. The van der Waals surface area contributed by atoms with E-state index in [2.05, 4.69) is 5.10 Å². The minimum atomic E-state index is -3.72. The largest absolute Gasteiger partial charge is 0.496 e. The Kier molecular flexibility index (Phi) is 5.80. The lowest BCUT2D eigenvalue weighted by atomic mass is 10.2. The summed E-state index contributed by atoms with van der Waals surface area (Å²) in [5.41, 5.74) is 0.721. The van der Waals surface area contributed by atoms with Crippen LogP contribution in [-0.2, 0) is 27.1 Å². The molecule has 0 amide bonds. The lowest BCUT2D eigenvalue weighted by Crippen LogP contribution is -2.37. The fraction of sp³-hybridized carbons (Fsp3) is 0.471. The van der Waals surface area contributed by atoms with Crippen molar-refractivity contribution in [2.75, 3.05) is 33.3 Å². The SMILES string of the molecule is COc1ccc(S(=O)(=O)N2CCCN(S(=O)(=O)c3cnn(C)c3)CC2)cc1C. The maximum atomic E-state index is 13.0. The second-order valence-electron chi connectivity index (χ2n) is 6.64. The first-order chi connectivity index (χ1) is 13.2. The number of hydrogen-bond acceptors (Lipinski definition) is 6. The van der Waals surface area contributed by atoms with Crippen molar-refractivity contribution in [1.29, 1.82) is 0 Å². The Morgan fingerprint density at radius 2 is 1.57 bits per heavy atom. The normalized spacial score (nSPS) is 17.4. The molecule has 28 heavy (non-hydrogen) atoms. The number of benzene rings is 1. The average molecular weight is 429 g/mol. The van der Waals surface area contributed by atoms with E-state index in [4.69, 9.17) is 4.74 Å². The summed E-state index contributed by atoms with van der Waals surface area (Å²) in [6.45, 7) is 2.47. The Hall–Kier alpha value is -1.95. The van der Waals surface area contributed by atoms with Crippen molar-refractivity contribution in [2.24, 2.45) is 7.05 Å². The minimum absolute atomic E-state index is 0.0889. The molecular weight excluding hydrogens is 404 g/mol. The summed E-state index contributed by atoms with van der Waals surface area (Å²) in [5, 5.41) is 3.91. The van der Waals surface area contributed by atoms with Gasteiger partial charge in [0, 0.05) is 39.4 Å². The van der Waals surface area contributed by atoms with Crippen LogP contribution in [0, 0.1) is 6.92 Å². The quantitative estimate of drug-likeness (QED) is 0.699. The van der Waals surface area contributed by atoms with E-state index in [9.17, 15) is 16.8 Å². The summed E-state index contributed by atoms with van der Waals surface area (Å²) in [6.07, 6.45) is 3.15. The number of aryl methyl sites for hydroxylation is 2. The molecule has 2 aromatic rings. The molecule has 0 radical (unpaired) electrons. The van der Waals surface area contributed by atoms with Crippen molar-refractivity contribution in [3.63, 3.8) is 0 Å². The van der Waals surface area contributed by atoms with Crippen LogP contribution in [0.25, 0.3) is 0 Å². The van der Waals surface area contributed by atoms with Gasteiger partial charge in [0.2, 0.25) is 20.0 Å². The molecule has 1 saturated heterocycles. The smallest absolute Gasteiger partial charge is 0.246 e. The molecule has 3 rings (SSSR count). The van der Waals surface area contributed by atoms with Gasteiger partial charge in [0.05, 0.1) is 18.2 Å². The highest BCUT2D eigenvalue weighted by molar-refractivity contribution is 7.89. The molecule has 11 heteroatoms. The van der Waals surface area contributed by atoms with Gasteiger partial charge in [0.25, 0.3) is 0 Å². The van der Waals surface area contributed by atoms with Gasteiger partial charge in [-0.25, -0.2) is 16.8 Å². The Morgan fingerprint density at radius 3 is 2.07 bits per heavy atom. The van der Waals surface area contributed by atoms with Gasteiger partial charge in [-0.3, -0.25) is 4.68 Å². The number of aromatic nitrogens is 2. The molecule has 1 aliphatic heterocycles. The summed E-state index contributed by atoms with van der Waals surface area (Å²) < 4.78 is 60.9. The molecule has 1 aromatic carbocycles. The van der Waals surface area contributed by atoms with Gasteiger partial charge in [-0.05, 0) is 37.1 Å². The Bertz CT molecular complexity index is 1060. The molecule has 154 valence electrons. The van der Waals surface area contributed by atoms with E-state index in [1.807, 2.05) is 0 Å². The fourth-order valence-electron chi connectivity index (χ4n) is 3.19. The first-order valence-corrected chi connectivity index (χ1v) is 11.7. The number of nitrogens with zero attached hydrogens (tertiary/aromatic N) is 4. The van der Waals surface area contributed by atoms with Crippen LogP contribution >= 0.6 is 0 Å². The predicted molar refractivity (Wildman–Crippen MR) is 103 cm³/mol. The van der Waals surface area contributed by atoms with Crippen LogP contribution in [0.3, 0.4) is 0 Å². The molecule has 1 aliphatic rings. The van der Waals surface area contributed by atoms with Crippen LogP contribution in [0.4, 0.5) is 0 Å². The standard InChI is InChI=1S/C17H24N4O5S2/c1-14-11-15(5-6-17(14)26-3)27(22,23)20-7-4-8-21(10-9-20)28(24,25)16-12-18-19(2)13-16/h5-6,11-13H,4,7-10H2,1-3H3. The maximum absolute atomic E-state index is 13.0. The highest BCUT2D eigenvalue weighted by Gasteiger charge is 2.32. The van der Waals surface area contributed by atoms with E-state index in [1.165, 1.54) is 38.9 Å². The zero-order valence-corrected chi connectivity index (χ0v) is 17.7. The molecule has 0 unspecified atom stereocenters. The monoisotopic (exact) mass is 428 g/mol. The number of ether oxygens (including phenoxy) is 1. The van der Waals surface area contributed by atoms with Crippen LogP contribution in [-0.4, -0.2) is 68.5 Å². The van der Waals surface area contributed by atoms with Gasteiger partial charge in [-0.2, -0.15) is 13.7 Å². The molecule has 9 nitrogen and oxygen atoms in total. The zero-order chi connectivity index (χ0) is 20.5. The van der Waals surface area contributed by atoms with Crippen molar-refractivity contribution >= 4 is 20.0 Å². The summed E-state index contributed by atoms with van der Waals surface area (Å²) in [6, 6.07) is 4.71. The average Bonchev–Trinajstić information content (AvgIpc) is 2.93. The van der Waals surface area contributed by atoms with Gasteiger partial charge in [-0.15, -0.1) is 0 Å². The Labute approximate surface area is 165 Å². The van der Waals surface area contributed by atoms with E-state index in [0.29, 0.717) is 12.2 Å². The number of rotatable bonds is 5. The van der Waals surface area contributed by atoms with Crippen LogP contribution < -0.4 is 4.74 Å². The number of sulfonamides is 2. The third kappa shape index (κ3) is 3.93. The van der Waals surface area contributed by atoms with Gasteiger partial charge in [0.15, 0.2) is 0 Å². The van der Waals surface area contributed by atoms with Gasteiger partial charge in [-0.1, -0.05) is 0 Å². The van der Waals surface area contributed by atoms with Crippen molar-refractivity contribution in [3.8, 4) is 5.75 Å². The fourth-order valence-corrected chi connectivity index (χ4v) is 6.20. The van der Waals surface area contributed by atoms with Crippen LogP contribution in [0.2, 0.25) is 0 Å². The third-order valence-corrected chi connectivity index (χ3v) is 8.48. The molecule has 0 saturated carbocycles. The first-order valence-electron chi connectivity index (χ1n) is 8.80. The van der Waals surface area contributed by atoms with E-state index < -0.39 is 20.0 Å². The van der Waals surface area contributed by atoms with E-state index in [-0.39, 0.29) is 36.0 Å². The van der Waals surface area contributed by atoms with Crippen molar-refractivity contribution in [3.05, 3.63) is 36.2 Å². The van der Waals surface area contributed by atoms with Crippen LogP contribution in [0.5, 0.6) is 5.75 Å². The topological polar surface area (TPSA) is 102 Å². The van der Waals surface area contributed by atoms with Crippen LogP contribution in [0.15, 0.2) is 40.4 Å². The summed E-state index contributed by atoms with van der Waals surface area (Å²) >= 11 is 0. The first kappa shape index (κ1) is 20.8. The van der Waals surface area contributed by atoms with Crippen molar-refractivity contribution in [2.45, 2.75) is 23.1 Å². The zero-order valence-electron chi connectivity index (χ0n) is 16.1. The molecule has 0 aliphatic carbocycles. The number of hydrogen-bond donors (Lipinski definition) is 0. The molecule has 0 atom stereocenters. The molecule has 0 N–H and O–H groups in total. The van der Waals surface area contributed by atoms with E-state index >= 15 is 0 Å². The van der Waals surface area contributed by atoms with Gasteiger partial charge in [0.1, 0.15) is 10.6 Å². The summed E-state index contributed by atoms with van der Waals surface area (Å²) in [5.74, 6) is 0.614. The van der Waals surface area contributed by atoms with Crippen molar-refractivity contribution < 1.29 is 21.6 Å². The molecule has 1 fully saturated rings. The summed E-state index contributed by atoms with van der Waals surface area (Å²) in [7, 11) is -4.25. The van der Waals surface area contributed by atoms with Crippen LogP contribution in [0.1, 0.15) is 12.0 Å². The van der Waals surface area contributed by atoms with E-state index in [0.717, 1.165) is 5.56 Å². The molecular formula is C17H24N4O5S2. The number of methoxy groups -OCH3 is 1. The summed E-state index contributed by atoms with van der Waals surface area (Å²) in [4.78, 5) is 0.284. The van der Waals surface area contributed by atoms with Crippen molar-refractivity contribution in [1.82, 2.24) is 18.4 Å². The Morgan fingerprint density at radius 1 is 0.964 bits per heavy atom. The molecule has 2 heterocycles. The Balaban J connectivity index is 1.80. The highest BCUT2D eigenvalue weighted by Crippen LogP contribution is 2.25. The predicted octanol–water partition coefficient (Wildman–Crippen LogP) is 0.822.